The van der Waals surface area contributed by atoms with Crippen LogP contribution in [0.5, 0.6) is 0 Å². The predicted molar refractivity (Wildman–Crippen MR) is 77.7 cm³/mol. The summed E-state index contributed by atoms with van der Waals surface area (Å²) in [5.74, 6) is 1.47. The van der Waals surface area contributed by atoms with Gasteiger partial charge in [-0.15, -0.1) is 0 Å². The first-order valence-corrected chi connectivity index (χ1v) is 6.85. The molecule has 0 radical (unpaired) electrons. The fourth-order valence-corrected chi connectivity index (χ4v) is 2.92. The number of nitrogens with zero attached hydrogens (tertiary/aromatic N) is 5. The molecule has 0 atom stereocenters. The van der Waals surface area contributed by atoms with E-state index in [9.17, 15) is 0 Å². The van der Waals surface area contributed by atoms with Gasteiger partial charge >= 0.3 is 0 Å². The van der Waals surface area contributed by atoms with Crippen molar-refractivity contribution in [1.29, 1.82) is 0 Å². The van der Waals surface area contributed by atoms with Crippen LogP contribution >= 0.6 is 11.6 Å². The van der Waals surface area contributed by atoms with E-state index in [1.165, 1.54) is 17.6 Å². The molecule has 100 valence electrons. The van der Waals surface area contributed by atoms with Crippen LogP contribution in [0, 0.1) is 6.92 Å². The summed E-state index contributed by atoms with van der Waals surface area (Å²) in [6.07, 6.45) is 2.52. The highest BCUT2D eigenvalue weighted by atomic mass is 35.5. The van der Waals surface area contributed by atoms with Gasteiger partial charge in [0.1, 0.15) is 17.3 Å². The van der Waals surface area contributed by atoms with Gasteiger partial charge in [-0.25, -0.2) is 0 Å². The average molecular weight is 286 g/mol. The lowest BCUT2D eigenvalue weighted by Crippen LogP contribution is -2.19. The number of fused-ring (bicyclic) bond motifs is 2. The lowest BCUT2D eigenvalue weighted by atomic mass is 10.2. The molecule has 1 aliphatic heterocycles. The second-order valence-corrected chi connectivity index (χ2v) is 5.21. The van der Waals surface area contributed by atoms with Gasteiger partial charge in [-0.1, -0.05) is 29.8 Å². The summed E-state index contributed by atoms with van der Waals surface area (Å²) in [7, 11) is 0. The third kappa shape index (κ3) is 1.53. The molecule has 3 aromatic rings. The summed E-state index contributed by atoms with van der Waals surface area (Å²) < 4.78 is 1.75. The lowest BCUT2D eigenvalue weighted by molar-refractivity contribution is 0.869. The molecule has 0 N–H and O–H groups in total. The van der Waals surface area contributed by atoms with Gasteiger partial charge in [-0.2, -0.15) is 19.6 Å². The van der Waals surface area contributed by atoms with Crippen LogP contribution in [-0.4, -0.2) is 26.1 Å². The van der Waals surface area contributed by atoms with Crippen LogP contribution in [0.25, 0.3) is 5.78 Å². The first kappa shape index (κ1) is 11.7. The highest BCUT2D eigenvalue weighted by molar-refractivity contribution is 6.30. The topological polar surface area (TPSA) is 46.3 Å². The Morgan fingerprint density at radius 1 is 1.25 bits per heavy atom. The largest absolute Gasteiger partial charge is 0.325 e. The molecule has 6 heteroatoms. The molecule has 3 heterocycles. The van der Waals surface area contributed by atoms with Crippen LogP contribution in [0.1, 0.15) is 11.1 Å². The quantitative estimate of drug-likeness (QED) is 0.645. The molecular formula is C14H12ClN5. The van der Waals surface area contributed by atoms with Crippen molar-refractivity contribution in [1.82, 2.24) is 19.6 Å². The predicted octanol–water partition coefficient (Wildman–Crippen LogP) is 2.78. The Kier molecular flexibility index (Phi) is 2.44. The van der Waals surface area contributed by atoms with Crippen LogP contribution in [-0.2, 0) is 6.42 Å². The first-order chi connectivity index (χ1) is 9.75. The van der Waals surface area contributed by atoms with E-state index < -0.39 is 0 Å². The molecule has 0 aliphatic carbocycles. The summed E-state index contributed by atoms with van der Waals surface area (Å²) >= 11 is 6.24. The number of rotatable bonds is 1. The number of para-hydroxylation sites is 1. The normalized spacial score (nSPS) is 14.0. The van der Waals surface area contributed by atoms with E-state index in [0.29, 0.717) is 10.9 Å². The van der Waals surface area contributed by atoms with Gasteiger partial charge in [0.2, 0.25) is 0 Å². The number of hydrogen-bond acceptors (Lipinski definition) is 4. The number of benzene rings is 1. The minimum atomic E-state index is 0.477. The maximum atomic E-state index is 6.24. The van der Waals surface area contributed by atoms with E-state index >= 15 is 0 Å². The van der Waals surface area contributed by atoms with Crippen LogP contribution in [0.3, 0.4) is 0 Å². The Balaban J connectivity index is 2.00. The van der Waals surface area contributed by atoms with Crippen molar-refractivity contribution >= 4 is 28.9 Å². The SMILES string of the molecule is Cc1c(Cl)nc2ncnn2c1N1CCc2ccccc21. The number of aromatic nitrogens is 4. The summed E-state index contributed by atoms with van der Waals surface area (Å²) in [4.78, 5) is 10.6. The van der Waals surface area contributed by atoms with Gasteiger partial charge in [-0.05, 0) is 25.0 Å². The minimum Gasteiger partial charge on any atom is -0.325 e. The molecule has 0 saturated carbocycles. The van der Waals surface area contributed by atoms with Crippen LogP contribution in [0.4, 0.5) is 11.5 Å². The van der Waals surface area contributed by atoms with E-state index in [1.807, 2.05) is 13.0 Å². The maximum absolute atomic E-state index is 6.24. The first-order valence-electron chi connectivity index (χ1n) is 6.47. The maximum Gasteiger partial charge on any atom is 0.255 e. The van der Waals surface area contributed by atoms with Crippen LogP contribution in [0.2, 0.25) is 5.15 Å². The summed E-state index contributed by atoms with van der Waals surface area (Å²) in [6, 6.07) is 8.40. The number of hydrogen-bond donors (Lipinski definition) is 0. The Hall–Kier alpha value is -2.14. The molecule has 1 aliphatic rings. The third-order valence-electron chi connectivity index (χ3n) is 3.72. The van der Waals surface area contributed by atoms with Crippen molar-refractivity contribution in [2.24, 2.45) is 0 Å². The van der Waals surface area contributed by atoms with E-state index in [-0.39, 0.29) is 0 Å². The molecule has 0 amide bonds. The monoisotopic (exact) mass is 285 g/mol. The molecule has 0 unspecified atom stereocenters. The fourth-order valence-electron chi connectivity index (χ4n) is 2.76. The Morgan fingerprint density at radius 2 is 2.10 bits per heavy atom. The summed E-state index contributed by atoms with van der Waals surface area (Å²) in [6.45, 7) is 2.88. The molecule has 0 bridgehead atoms. The zero-order valence-electron chi connectivity index (χ0n) is 10.9. The van der Waals surface area contributed by atoms with Crippen LogP contribution < -0.4 is 4.90 Å². The second-order valence-electron chi connectivity index (χ2n) is 4.85. The third-order valence-corrected chi connectivity index (χ3v) is 4.08. The smallest absolute Gasteiger partial charge is 0.255 e. The molecule has 0 saturated heterocycles. The van der Waals surface area contributed by atoms with Crippen molar-refractivity contribution in [3.05, 3.63) is 46.9 Å². The molecule has 5 nitrogen and oxygen atoms in total. The zero-order chi connectivity index (χ0) is 13.7. The van der Waals surface area contributed by atoms with Gasteiger partial charge in [0, 0.05) is 17.8 Å². The van der Waals surface area contributed by atoms with Gasteiger partial charge in [0.05, 0.1) is 0 Å². The van der Waals surface area contributed by atoms with E-state index in [2.05, 4.69) is 38.2 Å². The Labute approximate surface area is 120 Å². The van der Waals surface area contributed by atoms with E-state index in [0.717, 1.165) is 24.3 Å². The lowest BCUT2D eigenvalue weighted by Gasteiger charge is -2.22. The van der Waals surface area contributed by atoms with Gasteiger partial charge < -0.3 is 4.90 Å². The fraction of sp³-hybridized carbons (Fsp3) is 0.214. The number of halogens is 1. The Bertz CT molecular complexity index is 810. The second kappa shape index (κ2) is 4.18. The Morgan fingerprint density at radius 3 is 3.00 bits per heavy atom. The van der Waals surface area contributed by atoms with Crippen molar-refractivity contribution in [2.75, 3.05) is 11.4 Å². The van der Waals surface area contributed by atoms with Gasteiger partial charge in [-0.3, -0.25) is 0 Å². The molecule has 2 aromatic heterocycles. The zero-order valence-corrected chi connectivity index (χ0v) is 11.7. The molecule has 0 spiro atoms. The molecular weight excluding hydrogens is 274 g/mol. The highest BCUT2D eigenvalue weighted by Gasteiger charge is 2.25. The van der Waals surface area contributed by atoms with Gasteiger partial charge in [0.15, 0.2) is 0 Å². The average Bonchev–Trinajstić information content (AvgIpc) is 3.07. The van der Waals surface area contributed by atoms with Crippen LogP contribution in [0.15, 0.2) is 30.6 Å². The van der Waals surface area contributed by atoms with Crippen molar-refractivity contribution in [3.63, 3.8) is 0 Å². The molecule has 1 aromatic carbocycles. The van der Waals surface area contributed by atoms with E-state index in [4.69, 9.17) is 11.6 Å². The van der Waals surface area contributed by atoms with E-state index in [1.54, 1.807) is 4.52 Å². The van der Waals surface area contributed by atoms with Crippen molar-refractivity contribution < 1.29 is 0 Å². The molecule has 4 rings (SSSR count). The van der Waals surface area contributed by atoms with Crippen molar-refractivity contribution in [3.8, 4) is 0 Å². The van der Waals surface area contributed by atoms with Crippen molar-refractivity contribution in [2.45, 2.75) is 13.3 Å². The summed E-state index contributed by atoms with van der Waals surface area (Å²) in [5.41, 5.74) is 3.46. The number of anilines is 2. The van der Waals surface area contributed by atoms with Gasteiger partial charge in [0.25, 0.3) is 5.78 Å². The highest BCUT2D eigenvalue weighted by Crippen LogP contribution is 2.37. The summed E-state index contributed by atoms with van der Waals surface area (Å²) in [5, 5.41) is 4.76. The standard InChI is InChI=1S/C14H12ClN5/c1-9-12(15)18-14-16-8-17-20(14)13(9)19-7-6-10-4-2-3-5-11(10)19/h2-5,8H,6-7H2,1H3. The minimum absolute atomic E-state index is 0.477. The molecule has 0 fully saturated rings. The molecule has 20 heavy (non-hydrogen) atoms.